The predicted octanol–water partition coefficient (Wildman–Crippen LogP) is 1.65. The lowest BCUT2D eigenvalue weighted by atomic mass is 10.0. The van der Waals surface area contributed by atoms with Crippen molar-refractivity contribution < 1.29 is 9.90 Å². The molecule has 1 fully saturated rings. The monoisotopic (exact) mass is 183 g/mol. The third kappa shape index (κ3) is 1.22. The van der Waals surface area contributed by atoms with Crippen LogP contribution < -0.4 is 0 Å². The van der Waals surface area contributed by atoms with Gasteiger partial charge in [-0.2, -0.15) is 0 Å². The van der Waals surface area contributed by atoms with E-state index in [0.717, 1.165) is 17.7 Å². The van der Waals surface area contributed by atoms with Crippen LogP contribution in [0.15, 0.2) is 11.7 Å². The molecule has 0 unspecified atom stereocenters. The Morgan fingerprint density at radius 3 is 2.92 bits per heavy atom. The van der Waals surface area contributed by atoms with E-state index in [1.165, 1.54) is 0 Å². The van der Waals surface area contributed by atoms with Crippen LogP contribution in [0.1, 0.15) is 24.1 Å². The maximum Gasteiger partial charge on any atom is 0.304 e. The topological polar surface area (TPSA) is 50.2 Å². The van der Waals surface area contributed by atoms with Gasteiger partial charge in [0, 0.05) is 16.5 Å². The quantitative estimate of drug-likeness (QED) is 0.775. The minimum Gasteiger partial charge on any atom is -0.481 e. The van der Waals surface area contributed by atoms with Gasteiger partial charge in [0.15, 0.2) is 0 Å². The van der Waals surface area contributed by atoms with Crippen LogP contribution >= 0.6 is 11.3 Å². The van der Waals surface area contributed by atoms with Crippen molar-refractivity contribution in [2.45, 2.75) is 24.7 Å². The van der Waals surface area contributed by atoms with E-state index in [-0.39, 0.29) is 11.8 Å². The molecule has 0 saturated heterocycles. The summed E-state index contributed by atoms with van der Waals surface area (Å²) in [6, 6.07) is 0. The second kappa shape index (κ2) is 2.55. The summed E-state index contributed by atoms with van der Waals surface area (Å²) < 4.78 is 0. The van der Waals surface area contributed by atoms with Gasteiger partial charge in [0.25, 0.3) is 0 Å². The fourth-order valence-corrected chi connectivity index (χ4v) is 2.31. The largest absolute Gasteiger partial charge is 0.481 e. The van der Waals surface area contributed by atoms with E-state index in [1.54, 1.807) is 23.0 Å². The maximum atomic E-state index is 10.5. The zero-order valence-corrected chi connectivity index (χ0v) is 7.30. The Labute approximate surface area is 74.1 Å². The molecule has 64 valence electrons. The Hall–Kier alpha value is -0.900. The van der Waals surface area contributed by atoms with Gasteiger partial charge in [-0.05, 0) is 12.8 Å². The molecule has 12 heavy (non-hydrogen) atoms. The molecular weight excluding hydrogens is 174 g/mol. The summed E-state index contributed by atoms with van der Waals surface area (Å²) >= 11 is 1.56. The van der Waals surface area contributed by atoms with Crippen LogP contribution in [-0.4, -0.2) is 16.1 Å². The fraction of sp³-hybridized carbons (Fsp3) is 0.500. The zero-order valence-electron chi connectivity index (χ0n) is 6.49. The van der Waals surface area contributed by atoms with Gasteiger partial charge in [-0.3, -0.25) is 9.78 Å². The molecule has 1 saturated carbocycles. The number of aliphatic carboxylic acids is 1. The molecule has 0 bridgehead atoms. The first-order valence-electron chi connectivity index (χ1n) is 3.84. The van der Waals surface area contributed by atoms with Crippen molar-refractivity contribution in [3.63, 3.8) is 0 Å². The molecule has 1 aromatic heterocycles. The van der Waals surface area contributed by atoms with Crippen LogP contribution in [-0.2, 0) is 10.2 Å². The number of aromatic nitrogens is 1. The van der Waals surface area contributed by atoms with Gasteiger partial charge in [0.05, 0.1) is 11.9 Å². The number of carboxylic acids is 1. The Morgan fingerprint density at radius 2 is 2.50 bits per heavy atom. The van der Waals surface area contributed by atoms with Gasteiger partial charge >= 0.3 is 5.97 Å². The lowest BCUT2D eigenvalue weighted by Gasteiger charge is -2.07. The highest BCUT2D eigenvalue weighted by Crippen LogP contribution is 2.52. The molecule has 1 aliphatic rings. The van der Waals surface area contributed by atoms with Gasteiger partial charge < -0.3 is 5.11 Å². The first-order chi connectivity index (χ1) is 5.73. The Morgan fingerprint density at radius 1 is 1.75 bits per heavy atom. The summed E-state index contributed by atoms with van der Waals surface area (Å²) in [5.74, 6) is -0.708. The van der Waals surface area contributed by atoms with Crippen LogP contribution in [0.25, 0.3) is 0 Å². The second-order valence-electron chi connectivity index (χ2n) is 3.22. The number of hydrogen-bond acceptors (Lipinski definition) is 3. The van der Waals surface area contributed by atoms with Crippen molar-refractivity contribution in [2.75, 3.05) is 0 Å². The van der Waals surface area contributed by atoms with Crippen molar-refractivity contribution in [2.24, 2.45) is 0 Å². The molecular formula is C8H9NO2S. The molecule has 0 radical (unpaired) electrons. The fourth-order valence-electron chi connectivity index (χ4n) is 1.43. The maximum absolute atomic E-state index is 10.5. The normalized spacial score (nSPS) is 19.0. The molecule has 0 aliphatic heterocycles. The first-order valence-corrected chi connectivity index (χ1v) is 4.72. The molecule has 1 aliphatic carbocycles. The lowest BCUT2D eigenvalue weighted by Crippen LogP contribution is -2.11. The average Bonchev–Trinajstić information content (AvgIpc) is 2.61. The molecule has 1 aromatic rings. The highest BCUT2D eigenvalue weighted by Gasteiger charge is 2.47. The van der Waals surface area contributed by atoms with Crippen molar-refractivity contribution in [3.05, 3.63) is 16.6 Å². The number of carboxylic acid groups (broad SMARTS) is 1. The summed E-state index contributed by atoms with van der Waals surface area (Å²) in [5, 5.41) is 8.67. The van der Waals surface area contributed by atoms with Crippen LogP contribution in [0, 0.1) is 0 Å². The summed E-state index contributed by atoms with van der Waals surface area (Å²) in [7, 11) is 0. The Kier molecular flexibility index (Phi) is 1.65. The Balaban J connectivity index is 2.17. The molecule has 0 atom stereocenters. The van der Waals surface area contributed by atoms with E-state index in [0.29, 0.717) is 0 Å². The number of rotatable bonds is 3. The first kappa shape index (κ1) is 7.73. The number of nitrogens with zero attached hydrogens (tertiary/aromatic N) is 1. The molecule has 1 heterocycles. The molecule has 0 spiro atoms. The number of hydrogen-bond donors (Lipinski definition) is 1. The van der Waals surface area contributed by atoms with Crippen molar-refractivity contribution in [1.29, 1.82) is 0 Å². The Bertz CT molecular complexity index is 290. The highest BCUT2D eigenvalue weighted by atomic mass is 32.1. The van der Waals surface area contributed by atoms with E-state index in [9.17, 15) is 4.79 Å². The number of thiazole rings is 1. The van der Waals surface area contributed by atoms with Crippen LogP contribution in [0.2, 0.25) is 0 Å². The molecule has 2 rings (SSSR count). The molecule has 3 nitrogen and oxygen atoms in total. The SMILES string of the molecule is O=C(O)CC1(c2cncs2)CC1. The minimum atomic E-state index is -0.708. The van der Waals surface area contributed by atoms with Gasteiger partial charge in [-0.15, -0.1) is 11.3 Å². The number of carbonyl (C=O) groups is 1. The minimum absolute atomic E-state index is 0.0486. The van der Waals surface area contributed by atoms with E-state index >= 15 is 0 Å². The van der Waals surface area contributed by atoms with E-state index in [1.807, 2.05) is 0 Å². The van der Waals surface area contributed by atoms with E-state index in [4.69, 9.17) is 5.11 Å². The van der Waals surface area contributed by atoms with E-state index < -0.39 is 5.97 Å². The molecule has 0 amide bonds. The third-order valence-corrected chi connectivity index (χ3v) is 3.32. The van der Waals surface area contributed by atoms with E-state index in [2.05, 4.69) is 4.98 Å². The second-order valence-corrected chi connectivity index (χ2v) is 4.10. The molecule has 4 heteroatoms. The summed E-state index contributed by atoms with van der Waals surface area (Å²) in [4.78, 5) is 15.6. The van der Waals surface area contributed by atoms with Crippen molar-refractivity contribution in [3.8, 4) is 0 Å². The predicted molar refractivity (Wildman–Crippen MR) is 45.3 cm³/mol. The van der Waals surface area contributed by atoms with Gasteiger partial charge in [-0.25, -0.2) is 0 Å². The van der Waals surface area contributed by atoms with Crippen molar-refractivity contribution in [1.82, 2.24) is 4.98 Å². The zero-order chi connectivity index (χ0) is 8.60. The van der Waals surface area contributed by atoms with Crippen LogP contribution in [0.4, 0.5) is 0 Å². The molecule has 1 N–H and O–H groups in total. The van der Waals surface area contributed by atoms with Crippen molar-refractivity contribution >= 4 is 17.3 Å². The summed E-state index contributed by atoms with van der Waals surface area (Å²) in [6.07, 6.45) is 4.05. The van der Waals surface area contributed by atoms with Crippen LogP contribution in [0.5, 0.6) is 0 Å². The highest BCUT2D eigenvalue weighted by molar-refractivity contribution is 7.09. The standard InChI is InChI=1S/C8H9NO2S/c10-7(11)3-8(1-2-8)6-4-9-5-12-6/h4-5H,1-3H2,(H,10,11). The smallest absolute Gasteiger partial charge is 0.304 e. The van der Waals surface area contributed by atoms with Gasteiger partial charge in [-0.1, -0.05) is 0 Å². The summed E-state index contributed by atoms with van der Waals surface area (Å²) in [5.41, 5.74) is 1.71. The van der Waals surface area contributed by atoms with Gasteiger partial charge in [0.1, 0.15) is 0 Å². The lowest BCUT2D eigenvalue weighted by molar-refractivity contribution is -0.137. The summed E-state index contributed by atoms with van der Waals surface area (Å²) in [6.45, 7) is 0. The van der Waals surface area contributed by atoms with Gasteiger partial charge in [0.2, 0.25) is 0 Å². The molecule has 0 aromatic carbocycles. The third-order valence-electron chi connectivity index (χ3n) is 2.30. The average molecular weight is 183 g/mol. The van der Waals surface area contributed by atoms with Crippen LogP contribution in [0.3, 0.4) is 0 Å².